The van der Waals surface area contributed by atoms with Crippen molar-refractivity contribution in [3.05, 3.63) is 12.3 Å². The molecule has 0 aromatic carbocycles. The molecule has 0 saturated carbocycles. The SMILES string of the molecule is CC(C)N(C(=O)O/C=C\[C@H](C)[C@H](O)C(C)(C)C)C(C)C. The summed E-state index contributed by atoms with van der Waals surface area (Å²) in [5.74, 6) is -0.0747. The molecule has 0 aliphatic carbocycles. The third-order valence-corrected chi connectivity index (χ3v) is 3.26. The number of carbonyl (C=O) groups is 1. The molecule has 1 amide bonds. The first-order chi connectivity index (χ1) is 8.98. The van der Waals surface area contributed by atoms with Crippen LogP contribution in [0.25, 0.3) is 0 Å². The molecule has 0 aromatic heterocycles. The zero-order valence-electron chi connectivity index (χ0n) is 14.2. The molecule has 0 aromatic rings. The van der Waals surface area contributed by atoms with Crippen LogP contribution in [0.3, 0.4) is 0 Å². The van der Waals surface area contributed by atoms with Crippen molar-refractivity contribution in [1.82, 2.24) is 4.90 Å². The summed E-state index contributed by atoms with van der Waals surface area (Å²) in [4.78, 5) is 13.6. The Labute approximate surface area is 123 Å². The molecule has 0 fully saturated rings. The summed E-state index contributed by atoms with van der Waals surface area (Å²) in [5, 5.41) is 10.1. The quantitative estimate of drug-likeness (QED) is 0.782. The van der Waals surface area contributed by atoms with E-state index in [-0.39, 0.29) is 29.5 Å². The average Bonchev–Trinajstić information content (AvgIpc) is 2.25. The Balaban J connectivity index is 4.54. The van der Waals surface area contributed by atoms with E-state index in [9.17, 15) is 9.90 Å². The highest BCUT2D eigenvalue weighted by molar-refractivity contribution is 5.68. The zero-order valence-corrected chi connectivity index (χ0v) is 14.2. The molecule has 2 atom stereocenters. The standard InChI is InChI=1S/C16H31NO3/c1-11(2)17(12(3)4)15(19)20-10-9-13(5)14(18)16(6,7)8/h9-14,18H,1-8H3/b10-9-/t13-,14-/m0/s1. The molecule has 20 heavy (non-hydrogen) atoms. The van der Waals surface area contributed by atoms with Gasteiger partial charge < -0.3 is 14.7 Å². The molecule has 0 rings (SSSR count). The minimum absolute atomic E-state index is 0.0747. The van der Waals surface area contributed by atoms with Gasteiger partial charge in [-0.2, -0.15) is 0 Å². The minimum Gasteiger partial charge on any atom is -0.418 e. The predicted octanol–water partition coefficient (Wildman–Crippen LogP) is 3.80. The molecule has 4 heteroatoms. The van der Waals surface area contributed by atoms with Crippen LogP contribution in [-0.2, 0) is 4.74 Å². The first kappa shape index (κ1) is 19.0. The number of rotatable bonds is 5. The van der Waals surface area contributed by atoms with E-state index in [4.69, 9.17) is 4.74 Å². The van der Waals surface area contributed by atoms with Gasteiger partial charge in [0, 0.05) is 18.0 Å². The fourth-order valence-corrected chi connectivity index (χ4v) is 2.19. The van der Waals surface area contributed by atoms with Gasteiger partial charge in [-0.25, -0.2) is 4.79 Å². The summed E-state index contributed by atoms with van der Waals surface area (Å²) < 4.78 is 5.16. The Morgan fingerprint density at radius 2 is 1.55 bits per heavy atom. The van der Waals surface area contributed by atoms with E-state index in [1.165, 1.54) is 6.26 Å². The molecule has 0 aliphatic rings. The molecule has 118 valence electrons. The maximum Gasteiger partial charge on any atom is 0.415 e. The van der Waals surface area contributed by atoms with Gasteiger partial charge in [0.2, 0.25) is 0 Å². The van der Waals surface area contributed by atoms with Crippen LogP contribution >= 0.6 is 0 Å². The summed E-state index contributed by atoms with van der Waals surface area (Å²) in [6.45, 7) is 15.7. The Bertz CT molecular complexity index is 321. The fourth-order valence-electron chi connectivity index (χ4n) is 2.19. The second-order valence-corrected chi connectivity index (χ2v) is 6.98. The monoisotopic (exact) mass is 285 g/mol. The van der Waals surface area contributed by atoms with E-state index in [0.29, 0.717) is 0 Å². The second-order valence-electron chi connectivity index (χ2n) is 6.98. The summed E-state index contributed by atoms with van der Waals surface area (Å²) in [5.41, 5.74) is -0.199. The molecular formula is C16H31NO3. The number of amides is 1. The fraction of sp³-hybridized carbons (Fsp3) is 0.812. The van der Waals surface area contributed by atoms with E-state index in [1.807, 2.05) is 55.4 Å². The number of aliphatic hydroxyl groups excluding tert-OH is 1. The van der Waals surface area contributed by atoms with Crippen molar-refractivity contribution in [3.8, 4) is 0 Å². The Kier molecular flexibility index (Phi) is 7.28. The Morgan fingerprint density at radius 3 is 1.90 bits per heavy atom. The van der Waals surface area contributed by atoms with Crippen molar-refractivity contribution < 1.29 is 14.6 Å². The lowest BCUT2D eigenvalue weighted by Gasteiger charge is -2.30. The highest BCUT2D eigenvalue weighted by atomic mass is 16.5. The first-order valence-corrected chi connectivity index (χ1v) is 7.32. The van der Waals surface area contributed by atoms with E-state index < -0.39 is 6.10 Å². The van der Waals surface area contributed by atoms with Gasteiger partial charge in [0.1, 0.15) is 0 Å². The normalized spacial score (nSPS) is 15.8. The number of ether oxygens (including phenoxy) is 1. The zero-order chi connectivity index (χ0) is 16.1. The van der Waals surface area contributed by atoms with Crippen molar-refractivity contribution in [2.75, 3.05) is 0 Å². The maximum absolute atomic E-state index is 12.0. The van der Waals surface area contributed by atoms with Gasteiger partial charge in [-0.1, -0.05) is 27.7 Å². The molecule has 4 nitrogen and oxygen atoms in total. The van der Waals surface area contributed by atoms with Crippen LogP contribution in [0.4, 0.5) is 4.79 Å². The topological polar surface area (TPSA) is 49.8 Å². The average molecular weight is 285 g/mol. The smallest absolute Gasteiger partial charge is 0.415 e. The van der Waals surface area contributed by atoms with Gasteiger partial charge in [-0.3, -0.25) is 0 Å². The lowest BCUT2D eigenvalue weighted by atomic mass is 9.82. The van der Waals surface area contributed by atoms with Crippen LogP contribution in [-0.4, -0.2) is 34.3 Å². The molecule has 0 bridgehead atoms. The summed E-state index contributed by atoms with van der Waals surface area (Å²) in [6, 6.07) is 0.182. The molecule has 0 spiro atoms. The molecule has 0 heterocycles. The van der Waals surface area contributed by atoms with Crippen LogP contribution < -0.4 is 0 Å². The third kappa shape index (κ3) is 5.95. The van der Waals surface area contributed by atoms with Crippen molar-refractivity contribution in [2.45, 2.75) is 73.6 Å². The Morgan fingerprint density at radius 1 is 1.10 bits per heavy atom. The highest BCUT2D eigenvalue weighted by Crippen LogP contribution is 2.25. The van der Waals surface area contributed by atoms with Gasteiger partial charge in [0.25, 0.3) is 0 Å². The van der Waals surface area contributed by atoms with Gasteiger partial charge in [-0.15, -0.1) is 0 Å². The molecule has 0 saturated heterocycles. The third-order valence-electron chi connectivity index (χ3n) is 3.26. The summed E-state index contributed by atoms with van der Waals surface area (Å²) >= 11 is 0. The van der Waals surface area contributed by atoms with Crippen molar-refractivity contribution >= 4 is 6.09 Å². The second kappa shape index (κ2) is 7.67. The van der Waals surface area contributed by atoms with E-state index in [1.54, 1.807) is 11.0 Å². The van der Waals surface area contributed by atoms with Gasteiger partial charge >= 0.3 is 6.09 Å². The number of hydrogen-bond donors (Lipinski definition) is 1. The van der Waals surface area contributed by atoms with Gasteiger partial charge in [-0.05, 0) is 39.2 Å². The van der Waals surface area contributed by atoms with E-state index >= 15 is 0 Å². The molecular weight excluding hydrogens is 254 g/mol. The number of nitrogens with zero attached hydrogens (tertiary/aromatic N) is 1. The van der Waals surface area contributed by atoms with Crippen LogP contribution in [0, 0.1) is 11.3 Å². The largest absolute Gasteiger partial charge is 0.418 e. The number of carbonyl (C=O) groups excluding carboxylic acids is 1. The molecule has 0 aliphatic heterocycles. The van der Waals surface area contributed by atoms with E-state index in [0.717, 1.165) is 0 Å². The summed E-state index contributed by atoms with van der Waals surface area (Å²) in [7, 11) is 0. The maximum atomic E-state index is 12.0. The number of hydrogen-bond acceptors (Lipinski definition) is 3. The van der Waals surface area contributed by atoms with Gasteiger partial charge in [0.15, 0.2) is 0 Å². The Hall–Kier alpha value is -1.03. The van der Waals surface area contributed by atoms with Gasteiger partial charge in [0.05, 0.1) is 12.4 Å². The molecule has 1 N–H and O–H groups in total. The lowest BCUT2D eigenvalue weighted by molar-refractivity contribution is 0.0328. The van der Waals surface area contributed by atoms with Crippen molar-refractivity contribution in [3.63, 3.8) is 0 Å². The van der Waals surface area contributed by atoms with Crippen LogP contribution in [0.15, 0.2) is 12.3 Å². The van der Waals surface area contributed by atoms with Crippen molar-refractivity contribution in [2.24, 2.45) is 11.3 Å². The lowest BCUT2D eigenvalue weighted by Crippen LogP contribution is -2.41. The predicted molar refractivity (Wildman–Crippen MR) is 82.4 cm³/mol. The first-order valence-electron chi connectivity index (χ1n) is 7.32. The molecule has 0 radical (unpaired) electrons. The van der Waals surface area contributed by atoms with Crippen LogP contribution in [0.1, 0.15) is 55.4 Å². The van der Waals surface area contributed by atoms with Crippen LogP contribution in [0.5, 0.6) is 0 Å². The van der Waals surface area contributed by atoms with Crippen LogP contribution in [0.2, 0.25) is 0 Å². The number of aliphatic hydroxyl groups is 1. The van der Waals surface area contributed by atoms with E-state index in [2.05, 4.69) is 0 Å². The summed E-state index contributed by atoms with van der Waals surface area (Å²) in [6.07, 6.45) is 2.28. The van der Waals surface area contributed by atoms with Crippen molar-refractivity contribution in [1.29, 1.82) is 0 Å². The minimum atomic E-state index is -0.483. The molecule has 0 unspecified atom stereocenters. The highest BCUT2D eigenvalue weighted by Gasteiger charge is 2.26.